The number of nitrogens with two attached hydrogens (primary N) is 1. The zero-order valence-corrected chi connectivity index (χ0v) is 13.6. The molecule has 1 rings (SSSR count). The maximum absolute atomic E-state index is 12.2. The Balaban J connectivity index is 2.70. The van der Waals surface area contributed by atoms with Gasteiger partial charge in [-0.1, -0.05) is 24.4 Å². The predicted octanol–water partition coefficient (Wildman–Crippen LogP) is 1.62. The summed E-state index contributed by atoms with van der Waals surface area (Å²) in [6.45, 7) is 5.69. The number of ether oxygens (including phenoxy) is 1. The maximum atomic E-state index is 12.2. The zero-order chi connectivity index (χ0) is 15.8. The van der Waals surface area contributed by atoms with Crippen molar-refractivity contribution in [2.75, 3.05) is 32.1 Å². The first-order valence-corrected chi connectivity index (χ1v) is 7.28. The maximum Gasteiger partial charge on any atom is 0.238 e. The van der Waals surface area contributed by atoms with Crippen LogP contribution in [-0.2, 0) is 9.53 Å². The molecule has 6 heteroatoms. The number of carbonyl (C=O) groups excluding carboxylic acids is 1. The number of nitrogens with one attached hydrogen (secondary N) is 1. The van der Waals surface area contributed by atoms with E-state index in [9.17, 15) is 4.79 Å². The molecule has 0 radical (unpaired) electrons. The molecule has 0 unspecified atom stereocenters. The molecule has 0 aromatic heterocycles. The molecule has 116 valence electrons. The van der Waals surface area contributed by atoms with Gasteiger partial charge in [-0.25, -0.2) is 0 Å². The van der Waals surface area contributed by atoms with Crippen molar-refractivity contribution in [2.45, 2.75) is 19.9 Å². The normalized spacial score (nSPS) is 10.9. The number of nitrogens with zero attached hydrogens (tertiary/aromatic N) is 1. The van der Waals surface area contributed by atoms with Crippen molar-refractivity contribution in [3.63, 3.8) is 0 Å². The monoisotopic (exact) mass is 309 g/mol. The quantitative estimate of drug-likeness (QED) is 0.714. The van der Waals surface area contributed by atoms with Gasteiger partial charge < -0.3 is 15.8 Å². The Hall–Kier alpha value is -1.50. The molecule has 0 aliphatic carbocycles. The minimum Gasteiger partial charge on any atom is -0.389 e. The SMILES string of the molecule is COCCN(CC(=O)Nc1ccccc1C(N)=S)C(C)C. The van der Waals surface area contributed by atoms with Crippen molar-refractivity contribution >= 4 is 28.8 Å². The van der Waals surface area contributed by atoms with Crippen LogP contribution in [0.25, 0.3) is 0 Å². The van der Waals surface area contributed by atoms with Crippen LogP contribution in [0.2, 0.25) is 0 Å². The van der Waals surface area contributed by atoms with Crippen LogP contribution in [0.1, 0.15) is 19.4 Å². The van der Waals surface area contributed by atoms with Gasteiger partial charge in [-0.05, 0) is 26.0 Å². The van der Waals surface area contributed by atoms with Crippen molar-refractivity contribution in [1.29, 1.82) is 0 Å². The summed E-state index contributed by atoms with van der Waals surface area (Å²) in [6.07, 6.45) is 0. The molecule has 0 atom stereocenters. The van der Waals surface area contributed by atoms with Crippen molar-refractivity contribution in [1.82, 2.24) is 4.90 Å². The van der Waals surface area contributed by atoms with Crippen molar-refractivity contribution in [3.05, 3.63) is 29.8 Å². The summed E-state index contributed by atoms with van der Waals surface area (Å²) >= 11 is 4.99. The van der Waals surface area contributed by atoms with E-state index in [1.807, 2.05) is 30.9 Å². The van der Waals surface area contributed by atoms with Gasteiger partial charge in [0.15, 0.2) is 0 Å². The summed E-state index contributed by atoms with van der Waals surface area (Å²) in [5, 5.41) is 2.86. The summed E-state index contributed by atoms with van der Waals surface area (Å²) in [7, 11) is 1.65. The Kier molecular flexibility index (Phi) is 7.28. The highest BCUT2D eigenvalue weighted by Crippen LogP contribution is 2.14. The molecule has 0 aliphatic rings. The first-order chi connectivity index (χ1) is 9.95. The van der Waals surface area contributed by atoms with Gasteiger partial charge in [0.25, 0.3) is 0 Å². The lowest BCUT2D eigenvalue weighted by molar-refractivity contribution is -0.117. The highest BCUT2D eigenvalue weighted by atomic mass is 32.1. The molecule has 1 aromatic rings. The van der Waals surface area contributed by atoms with E-state index >= 15 is 0 Å². The molecule has 0 heterocycles. The van der Waals surface area contributed by atoms with Gasteiger partial charge in [-0.2, -0.15) is 0 Å². The number of thiocarbonyl (C=S) groups is 1. The highest BCUT2D eigenvalue weighted by molar-refractivity contribution is 7.80. The Bertz CT molecular complexity index is 492. The first kappa shape index (κ1) is 17.6. The summed E-state index contributed by atoms with van der Waals surface area (Å²) in [6, 6.07) is 7.52. The van der Waals surface area contributed by atoms with Gasteiger partial charge in [0.05, 0.1) is 18.8 Å². The second-order valence-corrected chi connectivity index (χ2v) is 5.45. The van der Waals surface area contributed by atoms with Gasteiger partial charge in [0.1, 0.15) is 4.99 Å². The second-order valence-electron chi connectivity index (χ2n) is 5.02. The number of hydrogen-bond donors (Lipinski definition) is 2. The molecule has 21 heavy (non-hydrogen) atoms. The summed E-state index contributed by atoms with van der Waals surface area (Å²) < 4.78 is 5.07. The third kappa shape index (κ3) is 5.79. The fraction of sp³-hybridized carbons (Fsp3) is 0.467. The molecule has 1 aromatic carbocycles. The molecular weight excluding hydrogens is 286 g/mol. The van der Waals surface area contributed by atoms with E-state index in [0.29, 0.717) is 30.9 Å². The number of para-hydroxylation sites is 1. The number of anilines is 1. The lowest BCUT2D eigenvalue weighted by atomic mass is 10.1. The fourth-order valence-corrected chi connectivity index (χ4v) is 2.09. The number of rotatable bonds is 8. The highest BCUT2D eigenvalue weighted by Gasteiger charge is 2.15. The van der Waals surface area contributed by atoms with Gasteiger partial charge >= 0.3 is 0 Å². The molecule has 0 bridgehead atoms. The molecule has 3 N–H and O–H groups in total. The third-order valence-electron chi connectivity index (χ3n) is 3.13. The van der Waals surface area contributed by atoms with Crippen LogP contribution in [0.15, 0.2) is 24.3 Å². The smallest absolute Gasteiger partial charge is 0.238 e. The van der Waals surface area contributed by atoms with Gasteiger partial charge in [0, 0.05) is 25.3 Å². The summed E-state index contributed by atoms with van der Waals surface area (Å²) in [4.78, 5) is 14.5. The number of methoxy groups -OCH3 is 1. The van der Waals surface area contributed by atoms with Crippen LogP contribution >= 0.6 is 12.2 Å². The van der Waals surface area contributed by atoms with Crippen LogP contribution in [0, 0.1) is 0 Å². The van der Waals surface area contributed by atoms with Crippen LogP contribution in [0.3, 0.4) is 0 Å². The number of benzene rings is 1. The van der Waals surface area contributed by atoms with E-state index in [1.54, 1.807) is 19.2 Å². The first-order valence-electron chi connectivity index (χ1n) is 6.87. The molecular formula is C15H23N3O2S. The minimum absolute atomic E-state index is 0.0940. The van der Waals surface area contributed by atoms with E-state index in [2.05, 4.69) is 5.32 Å². The van der Waals surface area contributed by atoms with Crippen LogP contribution in [0.4, 0.5) is 5.69 Å². The third-order valence-corrected chi connectivity index (χ3v) is 3.35. The number of hydrogen-bond acceptors (Lipinski definition) is 4. The van der Waals surface area contributed by atoms with E-state index in [1.165, 1.54) is 0 Å². The van der Waals surface area contributed by atoms with Gasteiger partial charge in [0.2, 0.25) is 5.91 Å². The Morgan fingerprint density at radius 2 is 2.10 bits per heavy atom. The molecule has 0 saturated heterocycles. The van der Waals surface area contributed by atoms with Crippen LogP contribution < -0.4 is 11.1 Å². The molecule has 0 spiro atoms. The molecule has 5 nitrogen and oxygen atoms in total. The standard InChI is InChI=1S/C15H23N3O2S/c1-11(2)18(8-9-20-3)10-14(19)17-13-7-5-4-6-12(13)15(16)21/h4-7,11H,8-10H2,1-3H3,(H2,16,21)(H,17,19). The zero-order valence-electron chi connectivity index (χ0n) is 12.8. The average Bonchev–Trinajstić information content (AvgIpc) is 2.43. The summed E-state index contributed by atoms with van der Waals surface area (Å²) in [5.41, 5.74) is 6.98. The largest absolute Gasteiger partial charge is 0.389 e. The van der Waals surface area contributed by atoms with Crippen molar-refractivity contribution < 1.29 is 9.53 Å². The molecule has 0 fully saturated rings. The lowest BCUT2D eigenvalue weighted by Gasteiger charge is -2.25. The van der Waals surface area contributed by atoms with Gasteiger partial charge in [-0.15, -0.1) is 0 Å². The minimum atomic E-state index is -0.0940. The van der Waals surface area contributed by atoms with E-state index in [-0.39, 0.29) is 16.9 Å². The number of carbonyl (C=O) groups is 1. The lowest BCUT2D eigenvalue weighted by Crippen LogP contribution is -2.40. The van der Waals surface area contributed by atoms with Crippen molar-refractivity contribution in [3.8, 4) is 0 Å². The Morgan fingerprint density at radius 1 is 1.43 bits per heavy atom. The second kappa shape index (κ2) is 8.71. The summed E-state index contributed by atoms with van der Waals surface area (Å²) in [5.74, 6) is -0.0940. The van der Waals surface area contributed by atoms with E-state index < -0.39 is 0 Å². The van der Waals surface area contributed by atoms with Crippen LogP contribution in [0.5, 0.6) is 0 Å². The predicted molar refractivity (Wildman–Crippen MR) is 89.5 cm³/mol. The topological polar surface area (TPSA) is 67.6 Å². The Labute approximate surface area is 131 Å². The van der Waals surface area contributed by atoms with E-state index in [4.69, 9.17) is 22.7 Å². The molecule has 1 amide bonds. The fourth-order valence-electron chi connectivity index (χ4n) is 1.91. The molecule has 0 saturated carbocycles. The Morgan fingerprint density at radius 3 is 2.67 bits per heavy atom. The average molecular weight is 309 g/mol. The van der Waals surface area contributed by atoms with Crippen molar-refractivity contribution in [2.24, 2.45) is 5.73 Å². The number of amides is 1. The van der Waals surface area contributed by atoms with E-state index in [0.717, 1.165) is 0 Å². The molecule has 0 aliphatic heterocycles. The van der Waals surface area contributed by atoms with Gasteiger partial charge in [-0.3, -0.25) is 9.69 Å². The van der Waals surface area contributed by atoms with Crippen LogP contribution in [-0.4, -0.2) is 48.6 Å².